The average molecular weight is 975 g/mol. The van der Waals surface area contributed by atoms with E-state index in [2.05, 4.69) is 56.3 Å². The molecule has 0 unspecified atom stereocenters. The highest BCUT2D eigenvalue weighted by atomic mass is 16.5. The first-order chi connectivity index (χ1) is 34.2. The van der Waals surface area contributed by atoms with Gasteiger partial charge in [0, 0.05) is 19.2 Å². The van der Waals surface area contributed by atoms with Crippen molar-refractivity contribution in [1.82, 2.24) is 20.3 Å². The number of aryl methyl sites for hydroxylation is 1. The Hall–Kier alpha value is -5.36. The van der Waals surface area contributed by atoms with Crippen molar-refractivity contribution in [2.45, 2.75) is 150 Å². The summed E-state index contributed by atoms with van der Waals surface area (Å²) in [5.41, 5.74) is 4.50. The first-order valence-electron chi connectivity index (χ1n) is 26.6. The minimum atomic E-state index is -0.410. The highest BCUT2D eigenvalue weighted by Crippen LogP contribution is 2.67. The van der Waals surface area contributed by atoms with Crippen LogP contribution in [0.2, 0.25) is 0 Å². The number of aromatic nitrogens is 3. The zero-order valence-electron chi connectivity index (χ0n) is 43.7. The maximum Gasteiger partial charge on any atom is 0.246 e. The van der Waals surface area contributed by atoms with E-state index in [1.807, 2.05) is 16.9 Å². The number of hydrogen-bond donors (Lipinski definition) is 3. The van der Waals surface area contributed by atoms with E-state index in [0.29, 0.717) is 40.5 Å². The lowest BCUT2D eigenvalue weighted by atomic mass is 9.47. The molecule has 1 aromatic heterocycles. The standard InChI is InChI=1S/C59H82N4O8/c1-40(2)13-12-14-41(3)50-23-24-51-49-22-19-44-35-48(27-29-58(44,4)52(49)28-30-59(50,51)5)70-39-57(67)60-31-10-8-9-11-32-63-37-45(61-62-63)38-71-54-26-18-43(34-56(54)69-7)16-21-47(65)36-46(64)20-15-42-17-25-53(66)55(33-42)68-6/h15-21,25-26,33-34,36-37,40-41,48-52,65-66H,8-14,22-24,27-32,35,38-39H2,1-7H3,(H,60,67)/b20-15+,21-16+,47-36-/t41-,48+,49+,50-,51+,52+,58+,59-/m1/s1. The van der Waals surface area contributed by atoms with Gasteiger partial charge in [-0.15, -0.1) is 5.10 Å². The number of amides is 1. The molecular formula is C59H82N4O8. The number of phenols is 1. The van der Waals surface area contributed by atoms with Crippen LogP contribution in [0.15, 0.2) is 78.2 Å². The number of fused-ring (bicyclic) bond motifs is 5. The van der Waals surface area contributed by atoms with Gasteiger partial charge in [0.2, 0.25) is 5.91 Å². The number of allylic oxidation sites excluding steroid dienone is 4. The number of unbranched alkanes of at least 4 members (excludes halogenated alkanes) is 3. The molecule has 71 heavy (non-hydrogen) atoms. The third-order valence-electron chi connectivity index (χ3n) is 16.9. The number of hydrogen-bond acceptors (Lipinski definition) is 10. The minimum absolute atomic E-state index is 0.00532. The number of carbonyl (C=O) groups excluding carboxylic acids is 2. The zero-order valence-corrected chi connectivity index (χ0v) is 43.7. The second-order valence-electron chi connectivity index (χ2n) is 22.0. The summed E-state index contributed by atoms with van der Waals surface area (Å²) in [6.45, 7) is 14.3. The number of ketones is 1. The molecule has 4 aliphatic carbocycles. The third kappa shape index (κ3) is 13.8. The Morgan fingerprint density at radius 1 is 0.873 bits per heavy atom. The molecule has 3 aromatic rings. The summed E-state index contributed by atoms with van der Waals surface area (Å²) in [5, 5.41) is 31.7. The van der Waals surface area contributed by atoms with Crippen LogP contribution in [0.5, 0.6) is 23.0 Å². The Labute approximate surface area is 423 Å². The van der Waals surface area contributed by atoms with Crippen molar-refractivity contribution in [3.63, 3.8) is 0 Å². The van der Waals surface area contributed by atoms with E-state index in [1.54, 1.807) is 49.1 Å². The van der Waals surface area contributed by atoms with Gasteiger partial charge in [-0.3, -0.25) is 14.3 Å². The number of methoxy groups -OCH3 is 2. The number of aromatic hydroxyl groups is 1. The molecule has 0 spiro atoms. The Bertz CT molecular complexity index is 2380. The Morgan fingerprint density at radius 2 is 1.63 bits per heavy atom. The molecule has 12 nitrogen and oxygen atoms in total. The predicted molar refractivity (Wildman–Crippen MR) is 280 cm³/mol. The van der Waals surface area contributed by atoms with Crippen LogP contribution in [0.25, 0.3) is 12.2 Å². The Balaban J connectivity index is 0.753. The minimum Gasteiger partial charge on any atom is -0.508 e. The van der Waals surface area contributed by atoms with Crippen molar-refractivity contribution in [2.75, 3.05) is 27.4 Å². The van der Waals surface area contributed by atoms with Gasteiger partial charge in [0.25, 0.3) is 0 Å². The van der Waals surface area contributed by atoms with Crippen LogP contribution in [0.4, 0.5) is 0 Å². The van der Waals surface area contributed by atoms with Crippen molar-refractivity contribution in [3.8, 4) is 23.0 Å². The van der Waals surface area contributed by atoms with E-state index in [0.717, 1.165) is 92.2 Å². The van der Waals surface area contributed by atoms with Crippen molar-refractivity contribution in [3.05, 3.63) is 95.1 Å². The van der Waals surface area contributed by atoms with Crippen LogP contribution in [0, 0.1) is 46.3 Å². The number of aliphatic hydroxyl groups is 1. The molecule has 0 saturated heterocycles. The molecule has 2 aromatic carbocycles. The fourth-order valence-corrected chi connectivity index (χ4v) is 13.0. The number of phenolic OH excluding ortho intramolecular Hbond substituents is 1. The second-order valence-corrected chi connectivity index (χ2v) is 22.0. The van der Waals surface area contributed by atoms with E-state index >= 15 is 0 Å². The van der Waals surface area contributed by atoms with Gasteiger partial charge in [0.1, 0.15) is 24.7 Å². The fraction of sp³-hybridized carbons (Fsp3) is 0.593. The van der Waals surface area contributed by atoms with Gasteiger partial charge in [-0.05, 0) is 158 Å². The Kier molecular flexibility index (Phi) is 18.7. The first kappa shape index (κ1) is 53.4. The topological polar surface area (TPSA) is 154 Å². The van der Waals surface area contributed by atoms with Crippen LogP contribution < -0.4 is 19.5 Å². The van der Waals surface area contributed by atoms with E-state index in [9.17, 15) is 19.8 Å². The highest BCUT2D eigenvalue weighted by molar-refractivity contribution is 6.02. The maximum absolute atomic E-state index is 12.8. The van der Waals surface area contributed by atoms with E-state index in [1.165, 1.54) is 83.1 Å². The van der Waals surface area contributed by atoms with Crippen LogP contribution in [-0.4, -0.2) is 70.4 Å². The van der Waals surface area contributed by atoms with Gasteiger partial charge < -0.3 is 34.5 Å². The van der Waals surface area contributed by atoms with E-state index in [4.69, 9.17) is 18.9 Å². The van der Waals surface area contributed by atoms with Crippen LogP contribution in [-0.2, 0) is 27.5 Å². The van der Waals surface area contributed by atoms with Crippen molar-refractivity contribution < 1.29 is 38.7 Å². The molecule has 1 amide bonds. The smallest absolute Gasteiger partial charge is 0.246 e. The molecule has 3 fully saturated rings. The summed E-state index contributed by atoms with van der Waals surface area (Å²) >= 11 is 0. The number of ether oxygens (including phenoxy) is 4. The lowest BCUT2D eigenvalue weighted by Gasteiger charge is -2.58. The monoisotopic (exact) mass is 975 g/mol. The Morgan fingerprint density at radius 3 is 2.42 bits per heavy atom. The number of nitrogens with one attached hydrogen (secondary N) is 1. The number of nitrogens with zero attached hydrogens (tertiary/aromatic N) is 3. The third-order valence-corrected chi connectivity index (χ3v) is 16.9. The molecule has 386 valence electrons. The summed E-state index contributed by atoms with van der Waals surface area (Å²) in [4.78, 5) is 25.2. The quantitative estimate of drug-likeness (QED) is 0.0246. The van der Waals surface area contributed by atoms with Gasteiger partial charge in [-0.1, -0.05) is 108 Å². The lowest BCUT2D eigenvalue weighted by molar-refractivity contribution is -0.129. The van der Waals surface area contributed by atoms with Crippen molar-refractivity contribution in [1.29, 1.82) is 0 Å². The normalized spacial score (nSPS) is 25.7. The molecule has 3 saturated carbocycles. The molecule has 0 radical (unpaired) electrons. The van der Waals surface area contributed by atoms with Crippen LogP contribution >= 0.6 is 0 Å². The molecule has 0 aliphatic heterocycles. The molecule has 0 bridgehead atoms. The van der Waals surface area contributed by atoms with Gasteiger partial charge in [-0.25, -0.2) is 0 Å². The molecule has 4 aliphatic rings. The van der Waals surface area contributed by atoms with Gasteiger partial charge in [-0.2, -0.15) is 0 Å². The first-order valence-corrected chi connectivity index (χ1v) is 26.6. The molecule has 7 rings (SSSR count). The molecule has 3 N–H and O–H groups in total. The van der Waals surface area contributed by atoms with E-state index in [-0.39, 0.29) is 42.1 Å². The van der Waals surface area contributed by atoms with Gasteiger partial charge >= 0.3 is 0 Å². The summed E-state index contributed by atoms with van der Waals surface area (Å²) in [5.74, 6) is 5.72. The number of benzene rings is 2. The zero-order chi connectivity index (χ0) is 50.5. The maximum atomic E-state index is 12.8. The lowest BCUT2D eigenvalue weighted by Crippen LogP contribution is -2.51. The van der Waals surface area contributed by atoms with Crippen LogP contribution in [0.1, 0.15) is 148 Å². The van der Waals surface area contributed by atoms with Crippen LogP contribution in [0.3, 0.4) is 0 Å². The number of carbonyl (C=O) groups is 2. The van der Waals surface area contributed by atoms with E-state index < -0.39 is 5.78 Å². The SMILES string of the molecule is COc1cc(/C=C/C(=O)/C=C(O)/C=C/c2ccc(OCc3cn(CCCCCCNC(=O)CO[C@H]4CC[C@@]5(C)C(=CC[C@H]6[C@@H]7CC[C@H]([C@H](C)CCCC(C)C)[C@@]7(C)CC[C@@H]65)C4)nn3)c(OC)c2)ccc1O. The molecule has 12 heteroatoms. The average Bonchev–Trinajstić information content (AvgIpc) is 3.97. The van der Waals surface area contributed by atoms with Crippen molar-refractivity contribution >= 4 is 23.8 Å². The highest BCUT2D eigenvalue weighted by Gasteiger charge is 2.59. The summed E-state index contributed by atoms with van der Waals surface area (Å²) < 4.78 is 24.8. The summed E-state index contributed by atoms with van der Waals surface area (Å²) in [6, 6.07) is 10.1. The number of aliphatic hydroxyl groups excluding tert-OH is 1. The molecular weight excluding hydrogens is 893 g/mol. The van der Waals surface area contributed by atoms with Gasteiger partial charge in [0.15, 0.2) is 28.8 Å². The largest absolute Gasteiger partial charge is 0.508 e. The van der Waals surface area contributed by atoms with Crippen molar-refractivity contribution in [2.24, 2.45) is 46.3 Å². The molecule has 8 atom stereocenters. The predicted octanol–water partition coefficient (Wildman–Crippen LogP) is 12.4. The molecule has 1 heterocycles. The summed E-state index contributed by atoms with van der Waals surface area (Å²) in [7, 11) is 3.00. The van der Waals surface area contributed by atoms with Gasteiger partial charge in [0.05, 0.1) is 26.5 Å². The second kappa shape index (κ2) is 24.9. The summed E-state index contributed by atoms with van der Waals surface area (Å²) in [6.07, 6.45) is 29.9. The fourth-order valence-electron chi connectivity index (χ4n) is 13.0. The number of rotatable bonds is 25.